The number of imidazole rings is 1. The van der Waals surface area contributed by atoms with Crippen molar-refractivity contribution in [2.24, 2.45) is 5.92 Å². The zero-order valence-electron chi connectivity index (χ0n) is 18.8. The molecule has 0 aliphatic carbocycles. The first-order chi connectivity index (χ1) is 16.3. The predicted octanol–water partition coefficient (Wildman–Crippen LogP) is 5.62. The Morgan fingerprint density at radius 1 is 0.818 bits per heavy atom. The number of piperidine rings is 1. The maximum Gasteiger partial charge on any atom is 0.234 e. The summed E-state index contributed by atoms with van der Waals surface area (Å²) in [5, 5.41) is 0. The van der Waals surface area contributed by atoms with Gasteiger partial charge in [-0.05, 0) is 29.9 Å². The summed E-state index contributed by atoms with van der Waals surface area (Å²) in [7, 11) is 0. The summed E-state index contributed by atoms with van der Waals surface area (Å²) in [6.07, 6.45) is 5.97. The molecule has 5 rings (SSSR count). The number of hydrogen-bond acceptors (Lipinski definition) is 2. The molecule has 1 aliphatic rings. The standard InChI is InChI=1S/C29H29N3O/c33-29(27(24-10-4-1-5-11-24)25-12-6-2-7-13-25)31-19-16-23(17-20-31)22-32-21-18-30-28(32)26-14-8-3-9-15-26/h1-15,18,21,23,27H,16-17,19-20,22H2. The Bertz CT molecular complexity index is 1120. The lowest BCUT2D eigenvalue weighted by Crippen LogP contribution is -2.42. The SMILES string of the molecule is O=C(C(c1ccccc1)c1ccccc1)N1CCC(Cn2ccnc2-c2ccccc2)CC1. The fourth-order valence-electron chi connectivity index (χ4n) is 4.87. The van der Waals surface area contributed by atoms with Crippen molar-refractivity contribution in [3.8, 4) is 11.4 Å². The topological polar surface area (TPSA) is 38.1 Å². The van der Waals surface area contributed by atoms with E-state index in [-0.39, 0.29) is 11.8 Å². The lowest BCUT2D eigenvalue weighted by Gasteiger charge is -2.35. The van der Waals surface area contributed by atoms with Crippen LogP contribution in [0.25, 0.3) is 11.4 Å². The summed E-state index contributed by atoms with van der Waals surface area (Å²) in [6, 6.07) is 30.6. The number of nitrogens with zero attached hydrogens (tertiary/aromatic N) is 3. The highest BCUT2D eigenvalue weighted by molar-refractivity contribution is 5.87. The molecule has 0 radical (unpaired) electrons. The van der Waals surface area contributed by atoms with Gasteiger partial charge < -0.3 is 9.47 Å². The molecule has 1 aromatic heterocycles. The third-order valence-corrected chi connectivity index (χ3v) is 6.64. The summed E-state index contributed by atoms with van der Waals surface area (Å²) in [5.74, 6) is 1.51. The van der Waals surface area contributed by atoms with E-state index in [1.807, 2.05) is 60.8 Å². The predicted molar refractivity (Wildman–Crippen MR) is 132 cm³/mol. The van der Waals surface area contributed by atoms with Crippen LogP contribution in [0.5, 0.6) is 0 Å². The molecule has 0 N–H and O–H groups in total. The highest BCUT2D eigenvalue weighted by atomic mass is 16.2. The van der Waals surface area contributed by atoms with Gasteiger partial charge in [0.05, 0.1) is 5.92 Å². The van der Waals surface area contributed by atoms with Gasteiger partial charge in [-0.1, -0.05) is 91.0 Å². The molecule has 1 aliphatic heterocycles. The summed E-state index contributed by atoms with van der Waals surface area (Å²) < 4.78 is 2.26. The van der Waals surface area contributed by atoms with Gasteiger partial charge in [-0.15, -0.1) is 0 Å². The van der Waals surface area contributed by atoms with E-state index in [1.165, 1.54) is 0 Å². The van der Waals surface area contributed by atoms with Crippen LogP contribution in [-0.2, 0) is 11.3 Å². The van der Waals surface area contributed by atoms with E-state index < -0.39 is 0 Å². The molecule has 166 valence electrons. The lowest BCUT2D eigenvalue weighted by molar-refractivity contribution is -0.133. The van der Waals surface area contributed by atoms with Crippen LogP contribution in [0.1, 0.15) is 29.9 Å². The molecule has 4 nitrogen and oxygen atoms in total. The number of rotatable bonds is 6. The first-order valence-electron chi connectivity index (χ1n) is 11.7. The van der Waals surface area contributed by atoms with Crippen molar-refractivity contribution in [3.63, 3.8) is 0 Å². The largest absolute Gasteiger partial charge is 0.342 e. The van der Waals surface area contributed by atoms with Crippen molar-refractivity contribution in [1.82, 2.24) is 14.5 Å². The number of amides is 1. The zero-order valence-corrected chi connectivity index (χ0v) is 18.8. The van der Waals surface area contributed by atoms with Crippen molar-refractivity contribution in [1.29, 1.82) is 0 Å². The van der Waals surface area contributed by atoms with Crippen LogP contribution in [-0.4, -0.2) is 33.4 Å². The summed E-state index contributed by atoms with van der Waals surface area (Å²) in [6.45, 7) is 2.54. The van der Waals surface area contributed by atoms with Gasteiger partial charge in [-0.3, -0.25) is 4.79 Å². The molecule has 0 spiro atoms. The van der Waals surface area contributed by atoms with E-state index in [0.717, 1.165) is 55.0 Å². The molecule has 1 amide bonds. The normalized spacial score (nSPS) is 14.5. The van der Waals surface area contributed by atoms with Crippen molar-refractivity contribution < 1.29 is 4.79 Å². The van der Waals surface area contributed by atoms with Crippen molar-refractivity contribution in [2.75, 3.05) is 13.1 Å². The lowest BCUT2D eigenvalue weighted by atomic mass is 9.88. The van der Waals surface area contributed by atoms with Crippen LogP contribution < -0.4 is 0 Å². The van der Waals surface area contributed by atoms with E-state index in [4.69, 9.17) is 0 Å². The van der Waals surface area contributed by atoms with Crippen LogP contribution in [0.2, 0.25) is 0 Å². The van der Waals surface area contributed by atoms with Gasteiger partial charge in [0, 0.05) is 37.6 Å². The second-order valence-electron chi connectivity index (χ2n) is 8.79. The van der Waals surface area contributed by atoms with Crippen LogP contribution in [0, 0.1) is 5.92 Å². The Kier molecular flexibility index (Phi) is 6.34. The molecule has 1 saturated heterocycles. The molecule has 33 heavy (non-hydrogen) atoms. The van der Waals surface area contributed by atoms with Crippen molar-refractivity contribution in [3.05, 3.63) is 115 Å². The number of benzene rings is 3. The third kappa shape index (κ3) is 4.75. The zero-order chi connectivity index (χ0) is 22.5. The van der Waals surface area contributed by atoms with E-state index in [1.54, 1.807) is 0 Å². The molecule has 1 fully saturated rings. The minimum atomic E-state index is -0.248. The van der Waals surface area contributed by atoms with Gasteiger partial charge in [0.2, 0.25) is 5.91 Å². The van der Waals surface area contributed by atoms with Gasteiger partial charge in [0.25, 0.3) is 0 Å². The van der Waals surface area contributed by atoms with Gasteiger partial charge in [0.15, 0.2) is 0 Å². The van der Waals surface area contributed by atoms with E-state index in [0.29, 0.717) is 5.92 Å². The minimum Gasteiger partial charge on any atom is -0.342 e. The van der Waals surface area contributed by atoms with Gasteiger partial charge in [-0.25, -0.2) is 4.98 Å². The van der Waals surface area contributed by atoms with Crippen LogP contribution in [0.4, 0.5) is 0 Å². The van der Waals surface area contributed by atoms with E-state index in [9.17, 15) is 4.79 Å². The second kappa shape index (κ2) is 9.86. The van der Waals surface area contributed by atoms with E-state index in [2.05, 4.69) is 57.0 Å². The molecule has 3 aromatic carbocycles. The molecule has 4 heteroatoms. The highest BCUT2D eigenvalue weighted by Gasteiger charge is 2.30. The summed E-state index contributed by atoms with van der Waals surface area (Å²) in [4.78, 5) is 20.3. The van der Waals surface area contributed by atoms with Crippen LogP contribution >= 0.6 is 0 Å². The van der Waals surface area contributed by atoms with Gasteiger partial charge >= 0.3 is 0 Å². The number of carbonyl (C=O) groups excluding carboxylic acids is 1. The Hall–Kier alpha value is -3.66. The van der Waals surface area contributed by atoms with E-state index >= 15 is 0 Å². The number of carbonyl (C=O) groups is 1. The van der Waals surface area contributed by atoms with Crippen LogP contribution in [0.15, 0.2) is 103 Å². The molecular formula is C29H29N3O. The third-order valence-electron chi connectivity index (χ3n) is 6.64. The Morgan fingerprint density at radius 2 is 1.36 bits per heavy atom. The minimum absolute atomic E-state index is 0.207. The Morgan fingerprint density at radius 3 is 1.94 bits per heavy atom. The average Bonchev–Trinajstić information content (AvgIpc) is 3.34. The summed E-state index contributed by atoms with van der Waals surface area (Å²) in [5.41, 5.74) is 3.26. The van der Waals surface area contributed by atoms with Crippen LogP contribution in [0.3, 0.4) is 0 Å². The molecule has 2 heterocycles. The Labute approximate surface area is 195 Å². The van der Waals surface area contributed by atoms with Crippen molar-refractivity contribution >= 4 is 5.91 Å². The fourth-order valence-corrected chi connectivity index (χ4v) is 4.87. The molecule has 0 saturated carbocycles. The molecule has 0 unspecified atom stereocenters. The quantitative estimate of drug-likeness (QED) is 0.394. The van der Waals surface area contributed by atoms with Gasteiger partial charge in [0.1, 0.15) is 5.82 Å². The summed E-state index contributed by atoms with van der Waals surface area (Å²) >= 11 is 0. The molecule has 4 aromatic rings. The smallest absolute Gasteiger partial charge is 0.234 e. The maximum absolute atomic E-state index is 13.7. The maximum atomic E-state index is 13.7. The fraction of sp³-hybridized carbons (Fsp3) is 0.241. The number of likely N-dealkylation sites (tertiary alicyclic amines) is 1. The van der Waals surface area contributed by atoms with Gasteiger partial charge in [-0.2, -0.15) is 0 Å². The Balaban J connectivity index is 1.27. The molecule has 0 atom stereocenters. The first kappa shape index (κ1) is 21.2. The van der Waals surface area contributed by atoms with Crippen molar-refractivity contribution in [2.45, 2.75) is 25.3 Å². The number of hydrogen-bond donors (Lipinski definition) is 0. The molecular weight excluding hydrogens is 406 g/mol. The monoisotopic (exact) mass is 435 g/mol. The average molecular weight is 436 g/mol. The molecule has 0 bridgehead atoms. The first-order valence-corrected chi connectivity index (χ1v) is 11.7. The second-order valence-corrected chi connectivity index (χ2v) is 8.79. The highest BCUT2D eigenvalue weighted by Crippen LogP contribution is 2.30. The number of aromatic nitrogens is 2.